The predicted molar refractivity (Wildman–Crippen MR) is 70.9 cm³/mol. The highest BCUT2D eigenvalue weighted by molar-refractivity contribution is 9.09. The molecule has 0 bridgehead atoms. The minimum Gasteiger partial charge on any atom is -0.377 e. The molecule has 0 aromatic heterocycles. The van der Waals surface area contributed by atoms with Crippen molar-refractivity contribution in [3.05, 3.63) is 0 Å². The van der Waals surface area contributed by atoms with E-state index >= 15 is 0 Å². The van der Waals surface area contributed by atoms with Crippen LogP contribution in [-0.2, 0) is 14.8 Å². The zero-order chi connectivity index (χ0) is 12.3. The topological polar surface area (TPSA) is 46.6 Å². The third-order valence-corrected chi connectivity index (χ3v) is 6.26. The van der Waals surface area contributed by atoms with Gasteiger partial charge in [0.15, 0.2) is 0 Å². The van der Waals surface area contributed by atoms with E-state index in [1.165, 1.54) is 0 Å². The van der Waals surface area contributed by atoms with E-state index < -0.39 is 10.0 Å². The van der Waals surface area contributed by atoms with E-state index in [0.29, 0.717) is 13.2 Å². The highest BCUT2D eigenvalue weighted by atomic mass is 79.9. The lowest BCUT2D eigenvalue weighted by Crippen LogP contribution is -2.47. The molecule has 2 aliphatic rings. The van der Waals surface area contributed by atoms with Gasteiger partial charge in [-0.25, -0.2) is 8.42 Å². The standard InChI is InChI=1S/C11H20BrNO3S/c12-8-10-4-1-2-6-13(10)17(14,15)9-11-5-3-7-16-11/h10-11H,1-9H2. The summed E-state index contributed by atoms with van der Waals surface area (Å²) in [6, 6.07) is 0.134. The zero-order valence-electron chi connectivity index (χ0n) is 9.98. The van der Waals surface area contributed by atoms with Crippen molar-refractivity contribution in [1.82, 2.24) is 4.31 Å². The van der Waals surface area contributed by atoms with E-state index in [-0.39, 0.29) is 17.9 Å². The zero-order valence-corrected chi connectivity index (χ0v) is 12.4. The lowest BCUT2D eigenvalue weighted by atomic mass is 10.1. The van der Waals surface area contributed by atoms with E-state index in [9.17, 15) is 8.42 Å². The molecular formula is C11H20BrNO3S. The Labute approximate surface area is 112 Å². The molecule has 0 amide bonds. The second kappa shape index (κ2) is 5.99. The molecule has 100 valence electrons. The Morgan fingerprint density at radius 1 is 1.24 bits per heavy atom. The quantitative estimate of drug-likeness (QED) is 0.740. The number of hydrogen-bond donors (Lipinski definition) is 0. The van der Waals surface area contributed by atoms with Gasteiger partial charge in [0.05, 0.1) is 11.9 Å². The molecule has 0 aliphatic carbocycles. The van der Waals surface area contributed by atoms with Crippen LogP contribution in [0.5, 0.6) is 0 Å². The summed E-state index contributed by atoms with van der Waals surface area (Å²) in [7, 11) is -3.15. The SMILES string of the molecule is O=S(=O)(CC1CCCO1)N1CCCCC1CBr. The summed E-state index contributed by atoms with van der Waals surface area (Å²) in [5.74, 6) is 0.163. The monoisotopic (exact) mass is 325 g/mol. The van der Waals surface area contributed by atoms with Crippen molar-refractivity contribution in [2.24, 2.45) is 0 Å². The van der Waals surface area contributed by atoms with Crippen LogP contribution in [0.15, 0.2) is 0 Å². The number of halogens is 1. The smallest absolute Gasteiger partial charge is 0.216 e. The fourth-order valence-electron chi connectivity index (χ4n) is 2.60. The number of ether oxygens (including phenoxy) is 1. The summed E-state index contributed by atoms with van der Waals surface area (Å²) >= 11 is 3.42. The Balaban J connectivity index is 2.01. The van der Waals surface area contributed by atoms with Crippen LogP contribution in [0.2, 0.25) is 0 Å². The molecular weight excluding hydrogens is 306 g/mol. The van der Waals surface area contributed by atoms with Gasteiger partial charge in [0.25, 0.3) is 0 Å². The summed E-state index contributed by atoms with van der Waals surface area (Å²) in [6.45, 7) is 1.38. The van der Waals surface area contributed by atoms with E-state index in [1.807, 2.05) is 0 Å². The van der Waals surface area contributed by atoms with Gasteiger partial charge in [-0.15, -0.1) is 0 Å². The van der Waals surface area contributed by atoms with Crippen LogP contribution in [0.3, 0.4) is 0 Å². The van der Waals surface area contributed by atoms with Crippen LogP contribution >= 0.6 is 15.9 Å². The first-order chi connectivity index (χ1) is 8.13. The summed E-state index contributed by atoms with van der Waals surface area (Å²) in [5, 5.41) is 0.734. The molecule has 17 heavy (non-hydrogen) atoms. The average molecular weight is 326 g/mol. The highest BCUT2D eigenvalue weighted by Gasteiger charge is 2.34. The minimum atomic E-state index is -3.15. The molecule has 0 N–H and O–H groups in total. The van der Waals surface area contributed by atoms with Crippen LogP contribution in [-0.4, -0.2) is 49.1 Å². The van der Waals surface area contributed by atoms with Gasteiger partial charge in [-0.05, 0) is 25.7 Å². The minimum absolute atomic E-state index is 0.0853. The first-order valence-corrected chi connectivity index (χ1v) is 9.03. The Morgan fingerprint density at radius 2 is 2.06 bits per heavy atom. The number of nitrogens with zero attached hydrogens (tertiary/aromatic N) is 1. The van der Waals surface area contributed by atoms with Gasteiger partial charge in [-0.2, -0.15) is 4.31 Å². The third-order valence-electron chi connectivity index (χ3n) is 3.53. The first-order valence-electron chi connectivity index (χ1n) is 6.30. The Kier molecular flexibility index (Phi) is 4.86. The number of hydrogen-bond acceptors (Lipinski definition) is 3. The van der Waals surface area contributed by atoms with Gasteiger partial charge < -0.3 is 4.74 Å². The van der Waals surface area contributed by atoms with Crippen LogP contribution in [0, 0.1) is 0 Å². The second-order valence-corrected chi connectivity index (χ2v) is 7.44. The molecule has 4 nitrogen and oxygen atoms in total. The average Bonchev–Trinajstić information content (AvgIpc) is 2.81. The maximum atomic E-state index is 12.3. The lowest BCUT2D eigenvalue weighted by Gasteiger charge is -2.34. The molecule has 0 radical (unpaired) electrons. The van der Waals surface area contributed by atoms with E-state index in [1.54, 1.807) is 4.31 Å². The summed E-state index contributed by atoms with van der Waals surface area (Å²) < 4.78 is 31.8. The lowest BCUT2D eigenvalue weighted by molar-refractivity contribution is 0.125. The molecule has 0 aromatic carbocycles. The summed E-state index contributed by atoms with van der Waals surface area (Å²) in [4.78, 5) is 0. The molecule has 0 saturated carbocycles. The predicted octanol–water partition coefficient (Wildman–Crippen LogP) is 1.74. The molecule has 0 aromatic rings. The molecule has 2 unspecified atom stereocenters. The highest BCUT2D eigenvalue weighted by Crippen LogP contribution is 2.24. The molecule has 2 aliphatic heterocycles. The maximum absolute atomic E-state index is 12.3. The normalized spacial score (nSPS) is 31.8. The summed E-state index contributed by atoms with van der Waals surface area (Å²) in [6.07, 6.45) is 4.86. The van der Waals surface area contributed by atoms with E-state index in [4.69, 9.17) is 4.74 Å². The Hall–Kier alpha value is 0.350. The van der Waals surface area contributed by atoms with E-state index in [2.05, 4.69) is 15.9 Å². The number of alkyl halides is 1. The maximum Gasteiger partial charge on any atom is 0.216 e. The first kappa shape index (κ1) is 13.8. The molecule has 0 spiro atoms. The van der Waals surface area contributed by atoms with Crippen molar-refractivity contribution >= 4 is 26.0 Å². The molecule has 2 fully saturated rings. The number of sulfonamides is 1. The van der Waals surface area contributed by atoms with Crippen molar-refractivity contribution in [2.45, 2.75) is 44.2 Å². The van der Waals surface area contributed by atoms with Crippen molar-refractivity contribution in [3.63, 3.8) is 0 Å². The fourth-order valence-corrected chi connectivity index (χ4v) is 5.43. The Bertz CT molecular complexity index is 341. The molecule has 2 atom stereocenters. The van der Waals surface area contributed by atoms with Crippen molar-refractivity contribution in [3.8, 4) is 0 Å². The molecule has 2 rings (SSSR count). The molecule has 2 saturated heterocycles. The number of piperidine rings is 1. The van der Waals surface area contributed by atoms with E-state index in [0.717, 1.165) is 37.4 Å². The molecule has 2 heterocycles. The van der Waals surface area contributed by atoms with Crippen LogP contribution < -0.4 is 0 Å². The van der Waals surface area contributed by atoms with Crippen LogP contribution in [0.4, 0.5) is 0 Å². The largest absolute Gasteiger partial charge is 0.377 e. The van der Waals surface area contributed by atoms with Gasteiger partial charge in [0.2, 0.25) is 10.0 Å². The van der Waals surface area contributed by atoms with Gasteiger partial charge in [0.1, 0.15) is 0 Å². The third kappa shape index (κ3) is 3.43. The van der Waals surface area contributed by atoms with Crippen molar-refractivity contribution in [2.75, 3.05) is 24.2 Å². The molecule has 6 heteroatoms. The second-order valence-electron chi connectivity index (χ2n) is 4.83. The Morgan fingerprint density at radius 3 is 2.71 bits per heavy atom. The van der Waals surface area contributed by atoms with Crippen LogP contribution in [0.25, 0.3) is 0 Å². The van der Waals surface area contributed by atoms with Gasteiger partial charge in [0, 0.05) is 24.5 Å². The van der Waals surface area contributed by atoms with Gasteiger partial charge in [-0.1, -0.05) is 22.4 Å². The van der Waals surface area contributed by atoms with Crippen molar-refractivity contribution in [1.29, 1.82) is 0 Å². The summed E-state index contributed by atoms with van der Waals surface area (Å²) in [5.41, 5.74) is 0. The van der Waals surface area contributed by atoms with Crippen molar-refractivity contribution < 1.29 is 13.2 Å². The number of rotatable bonds is 4. The van der Waals surface area contributed by atoms with Gasteiger partial charge in [-0.3, -0.25) is 0 Å². The fraction of sp³-hybridized carbons (Fsp3) is 1.00. The van der Waals surface area contributed by atoms with Gasteiger partial charge >= 0.3 is 0 Å². The van der Waals surface area contributed by atoms with Crippen LogP contribution in [0.1, 0.15) is 32.1 Å².